The lowest BCUT2D eigenvalue weighted by atomic mass is 10.2. The van der Waals surface area contributed by atoms with E-state index in [1.807, 2.05) is 18.2 Å². The van der Waals surface area contributed by atoms with Crippen molar-refractivity contribution in [2.24, 2.45) is 0 Å². The average molecular weight is 523 g/mol. The van der Waals surface area contributed by atoms with E-state index in [4.69, 9.17) is 14.1 Å². The molecule has 0 unspecified atom stereocenters. The average Bonchev–Trinajstić information content (AvgIpc) is 3.43. The number of hydrogen-bond donors (Lipinski definition) is 0. The van der Waals surface area contributed by atoms with E-state index in [0.717, 1.165) is 44.7 Å². The summed E-state index contributed by atoms with van der Waals surface area (Å²) in [4.78, 5) is 23.2. The van der Waals surface area contributed by atoms with Crippen molar-refractivity contribution in [2.45, 2.75) is 23.9 Å². The third-order valence-corrected chi connectivity index (χ3v) is 7.60. The Kier molecular flexibility index (Phi) is 8.23. The number of fused-ring (bicyclic) bond motifs is 1. The number of halogens is 1. The van der Waals surface area contributed by atoms with Crippen molar-refractivity contribution in [3.05, 3.63) is 88.4 Å². The Bertz CT molecular complexity index is 1370. The molecule has 0 N–H and O–H groups in total. The molecule has 1 aliphatic heterocycles. The van der Waals surface area contributed by atoms with E-state index in [9.17, 15) is 9.18 Å². The smallest absolute Gasteiger partial charge is 0.262 e. The van der Waals surface area contributed by atoms with Crippen molar-refractivity contribution in [1.29, 1.82) is 0 Å². The maximum Gasteiger partial charge on any atom is 0.262 e. The number of nitrogens with zero attached hydrogens (tertiary/aromatic N) is 4. The normalized spacial score (nSPS) is 14.9. The van der Waals surface area contributed by atoms with Crippen LogP contribution in [-0.4, -0.2) is 65.7 Å². The topological polar surface area (TPSA) is 63.7 Å². The van der Waals surface area contributed by atoms with Crippen LogP contribution in [0.15, 0.2) is 75.2 Å². The van der Waals surface area contributed by atoms with Gasteiger partial charge in [0.05, 0.1) is 30.3 Å². The second kappa shape index (κ2) is 11.9. The minimum atomic E-state index is -0.273. The number of piperazine rings is 1. The lowest BCUT2D eigenvalue weighted by Gasteiger charge is -2.32. The summed E-state index contributed by atoms with van der Waals surface area (Å²) in [5, 5.41) is 1.09. The van der Waals surface area contributed by atoms with Crippen molar-refractivity contribution < 1.29 is 13.5 Å². The SMILES string of the molecule is CN1CCN(CCCOc2ccc3nc(SCc4ccc(F)cc4)n(Cc4ccco4)c(=O)c3c2)CC1. The fraction of sp³-hybridized carbons (Fsp3) is 0.357. The van der Waals surface area contributed by atoms with Gasteiger partial charge in [0.2, 0.25) is 0 Å². The van der Waals surface area contributed by atoms with Gasteiger partial charge in [-0.05, 0) is 61.5 Å². The summed E-state index contributed by atoms with van der Waals surface area (Å²) in [5.41, 5.74) is 1.42. The third kappa shape index (κ3) is 6.60. The lowest BCUT2D eigenvalue weighted by molar-refractivity contribution is 0.145. The van der Waals surface area contributed by atoms with Crippen LogP contribution in [0.1, 0.15) is 17.7 Å². The van der Waals surface area contributed by atoms with E-state index >= 15 is 0 Å². The number of thioether (sulfide) groups is 1. The van der Waals surface area contributed by atoms with Crippen LogP contribution in [0.2, 0.25) is 0 Å². The molecule has 2 aromatic carbocycles. The number of hydrogen-bond acceptors (Lipinski definition) is 7. The molecule has 4 aromatic rings. The fourth-order valence-electron chi connectivity index (χ4n) is 4.36. The van der Waals surface area contributed by atoms with Crippen LogP contribution >= 0.6 is 11.8 Å². The highest BCUT2D eigenvalue weighted by molar-refractivity contribution is 7.98. The van der Waals surface area contributed by atoms with E-state index in [0.29, 0.717) is 39.9 Å². The molecular formula is C28H31FN4O3S. The third-order valence-electron chi connectivity index (χ3n) is 6.55. The van der Waals surface area contributed by atoms with Crippen LogP contribution in [0, 0.1) is 5.82 Å². The van der Waals surface area contributed by atoms with Crippen molar-refractivity contribution >= 4 is 22.7 Å². The van der Waals surface area contributed by atoms with E-state index in [1.54, 1.807) is 35.1 Å². The molecule has 0 saturated carbocycles. The molecule has 37 heavy (non-hydrogen) atoms. The van der Waals surface area contributed by atoms with Crippen LogP contribution < -0.4 is 10.3 Å². The summed E-state index contributed by atoms with van der Waals surface area (Å²) in [6.07, 6.45) is 2.52. The van der Waals surface area contributed by atoms with E-state index in [-0.39, 0.29) is 17.9 Å². The lowest BCUT2D eigenvalue weighted by Crippen LogP contribution is -2.44. The number of rotatable bonds is 10. The second-order valence-electron chi connectivity index (χ2n) is 9.31. The van der Waals surface area contributed by atoms with Gasteiger partial charge in [0.25, 0.3) is 5.56 Å². The van der Waals surface area contributed by atoms with Crippen LogP contribution in [-0.2, 0) is 12.3 Å². The first-order chi connectivity index (χ1) is 18.0. The summed E-state index contributed by atoms with van der Waals surface area (Å²) >= 11 is 1.44. The molecule has 3 heterocycles. The number of ether oxygens (including phenoxy) is 1. The monoisotopic (exact) mass is 522 g/mol. The number of aromatic nitrogens is 2. The maximum atomic E-state index is 13.6. The Labute approximate surface area is 219 Å². The molecule has 1 saturated heterocycles. The summed E-state index contributed by atoms with van der Waals surface area (Å²) in [7, 11) is 2.16. The Balaban J connectivity index is 1.32. The highest BCUT2D eigenvalue weighted by Gasteiger charge is 2.15. The van der Waals surface area contributed by atoms with E-state index in [2.05, 4.69) is 16.8 Å². The van der Waals surface area contributed by atoms with Gasteiger partial charge in [-0.1, -0.05) is 23.9 Å². The molecule has 0 radical (unpaired) electrons. The molecule has 194 valence electrons. The van der Waals surface area contributed by atoms with Gasteiger partial charge in [-0.25, -0.2) is 9.37 Å². The fourth-order valence-corrected chi connectivity index (χ4v) is 5.31. The molecule has 0 aliphatic carbocycles. The van der Waals surface area contributed by atoms with Crippen LogP contribution in [0.3, 0.4) is 0 Å². The molecule has 7 nitrogen and oxygen atoms in total. The van der Waals surface area contributed by atoms with Crippen molar-refractivity contribution in [2.75, 3.05) is 46.4 Å². The zero-order valence-corrected chi connectivity index (χ0v) is 21.8. The standard InChI is InChI=1S/C28H31FN4O3S/c1-31-12-14-32(15-13-31)11-3-17-35-23-9-10-26-25(18-23)27(34)33(19-24-4-2-16-36-24)28(30-26)37-20-21-5-7-22(29)8-6-21/h2,4-10,16,18H,3,11-15,17,19-20H2,1H3. The van der Waals surface area contributed by atoms with Gasteiger partial charge in [0, 0.05) is 38.5 Å². The quantitative estimate of drug-likeness (QED) is 0.173. The van der Waals surface area contributed by atoms with Gasteiger partial charge >= 0.3 is 0 Å². The molecule has 0 bridgehead atoms. The van der Waals surface area contributed by atoms with Crippen molar-refractivity contribution in [3.8, 4) is 5.75 Å². The number of furan rings is 1. The molecule has 0 atom stereocenters. The minimum Gasteiger partial charge on any atom is -0.494 e. The van der Waals surface area contributed by atoms with Gasteiger partial charge in [-0.2, -0.15) is 0 Å². The number of benzene rings is 2. The van der Waals surface area contributed by atoms with Gasteiger partial charge in [0.1, 0.15) is 17.3 Å². The molecule has 2 aromatic heterocycles. The first-order valence-electron chi connectivity index (χ1n) is 12.5. The number of likely N-dealkylation sites (N-methyl/N-ethyl adjacent to an activating group) is 1. The maximum absolute atomic E-state index is 13.6. The molecule has 1 fully saturated rings. The molecule has 1 aliphatic rings. The highest BCUT2D eigenvalue weighted by atomic mass is 32.2. The Morgan fingerprint density at radius 2 is 1.89 bits per heavy atom. The Morgan fingerprint density at radius 1 is 1.08 bits per heavy atom. The van der Waals surface area contributed by atoms with Crippen LogP contribution in [0.5, 0.6) is 5.75 Å². The molecular weight excluding hydrogens is 491 g/mol. The molecule has 9 heteroatoms. The summed E-state index contributed by atoms with van der Waals surface area (Å²) in [5.74, 6) is 1.62. The van der Waals surface area contributed by atoms with Gasteiger partial charge in [0.15, 0.2) is 5.16 Å². The Hall–Kier alpha value is -3.14. The second-order valence-corrected chi connectivity index (χ2v) is 10.2. The predicted molar refractivity (Wildman–Crippen MR) is 144 cm³/mol. The summed E-state index contributed by atoms with van der Waals surface area (Å²) in [6, 6.07) is 15.5. The molecule has 5 rings (SSSR count). The first-order valence-corrected chi connectivity index (χ1v) is 13.5. The van der Waals surface area contributed by atoms with Crippen LogP contribution in [0.25, 0.3) is 10.9 Å². The Morgan fingerprint density at radius 3 is 2.65 bits per heavy atom. The van der Waals surface area contributed by atoms with Gasteiger partial charge in [-0.15, -0.1) is 0 Å². The predicted octanol–water partition coefficient (Wildman–Crippen LogP) is 4.49. The van der Waals surface area contributed by atoms with Gasteiger partial charge < -0.3 is 19.0 Å². The summed E-state index contributed by atoms with van der Waals surface area (Å²) < 4.78 is 26.4. The molecule has 0 spiro atoms. The minimum absolute atomic E-state index is 0.147. The zero-order chi connectivity index (χ0) is 25.6. The van der Waals surface area contributed by atoms with E-state index in [1.165, 1.54) is 23.9 Å². The highest BCUT2D eigenvalue weighted by Crippen LogP contribution is 2.25. The van der Waals surface area contributed by atoms with Crippen LogP contribution in [0.4, 0.5) is 4.39 Å². The largest absolute Gasteiger partial charge is 0.494 e. The molecule has 0 amide bonds. The summed E-state index contributed by atoms with van der Waals surface area (Å²) in [6.45, 7) is 6.27. The van der Waals surface area contributed by atoms with Crippen molar-refractivity contribution in [3.63, 3.8) is 0 Å². The van der Waals surface area contributed by atoms with E-state index < -0.39 is 0 Å². The zero-order valence-electron chi connectivity index (χ0n) is 20.9. The van der Waals surface area contributed by atoms with Gasteiger partial charge in [-0.3, -0.25) is 9.36 Å². The van der Waals surface area contributed by atoms with Crippen molar-refractivity contribution in [1.82, 2.24) is 19.4 Å². The first kappa shape index (κ1) is 25.5.